The van der Waals surface area contributed by atoms with E-state index in [2.05, 4.69) is 17.1 Å². The van der Waals surface area contributed by atoms with E-state index in [9.17, 15) is 4.79 Å². The van der Waals surface area contributed by atoms with E-state index >= 15 is 0 Å². The number of nitrogens with two attached hydrogens (primary N) is 1. The number of aryl methyl sites for hydroxylation is 1. The fourth-order valence-corrected chi connectivity index (χ4v) is 4.18. The first kappa shape index (κ1) is 19.7. The topological polar surface area (TPSA) is 77.0 Å². The van der Waals surface area contributed by atoms with Gasteiger partial charge in [-0.25, -0.2) is 0 Å². The molecule has 27 heavy (non-hydrogen) atoms. The molecule has 3 rings (SSSR count). The second-order valence-electron chi connectivity index (χ2n) is 6.40. The summed E-state index contributed by atoms with van der Waals surface area (Å²) in [6, 6.07) is 9.03. The molecule has 0 amide bonds. The van der Waals surface area contributed by atoms with Gasteiger partial charge in [-0.05, 0) is 38.7 Å². The van der Waals surface area contributed by atoms with Crippen LogP contribution in [0, 0.1) is 0 Å². The van der Waals surface area contributed by atoms with Crippen molar-refractivity contribution in [1.29, 1.82) is 0 Å². The number of ketones is 1. The van der Waals surface area contributed by atoms with Gasteiger partial charge in [0.05, 0.1) is 23.7 Å². The highest BCUT2D eigenvalue weighted by Gasteiger charge is 2.24. The number of carbonyl (C=O) groups excluding carboxylic acids is 1. The van der Waals surface area contributed by atoms with Crippen molar-refractivity contribution in [2.24, 2.45) is 5.73 Å². The molecular weight excluding hydrogens is 382 g/mol. The number of benzene rings is 1. The SMILES string of the molecule is CCc1cc(C(=O)c2ccccc2Cl)c(-n2c(CN)nnc2CN(C)C)s1. The van der Waals surface area contributed by atoms with E-state index in [0.29, 0.717) is 28.5 Å². The van der Waals surface area contributed by atoms with Gasteiger partial charge in [0.15, 0.2) is 17.4 Å². The number of carbonyl (C=O) groups is 1. The lowest BCUT2D eigenvalue weighted by molar-refractivity contribution is 0.103. The van der Waals surface area contributed by atoms with E-state index in [4.69, 9.17) is 17.3 Å². The van der Waals surface area contributed by atoms with Crippen molar-refractivity contribution in [3.05, 3.63) is 63.0 Å². The van der Waals surface area contributed by atoms with Crippen LogP contribution >= 0.6 is 22.9 Å². The minimum Gasteiger partial charge on any atom is -0.324 e. The van der Waals surface area contributed by atoms with Crippen molar-refractivity contribution in [1.82, 2.24) is 19.7 Å². The Morgan fingerprint density at radius 3 is 2.56 bits per heavy atom. The highest BCUT2D eigenvalue weighted by atomic mass is 35.5. The first-order valence-corrected chi connectivity index (χ1v) is 9.86. The Balaban J connectivity index is 2.18. The predicted octanol–water partition coefficient (Wildman–Crippen LogP) is 3.30. The fraction of sp³-hybridized carbons (Fsp3) is 0.316. The average Bonchev–Trinajstić information content (AvgIpc) is 3.24. The third kappa shape index (κ3) is 3.96. The quantitative estimate of drug-likeness (QED) is 0.612. The van der Waals surface area contributed by atoms with Gasteiger partial charge >= 0.3 is 0 Å². The molecule has 0 saturated heterocycles. The number of nitrogens with zero attached hydrogens (tertiary/aromatic N) is 4. The monoisotopic (exact) mass is 403 g/mol. The molecule has 2 N–H and O–H groups in total. The van der Waals surface area contributed by atoms with Gasteiger partial charge in [-0.3, -0.25) is 9.36 Å². The van der Waals surface area contributed by atoms with Crippen LogP contribution in [0.1, 0.15) is 39.4 Å². The number of aromatic nitrogens is 3. The second-order valence-corrected chi connectivity index (χ2v) is 7.93. The lowest BCUT2D eigenvalue weighted by Crippen LogP contribution is -2.17. The van der Waals surface area contributed by atoms with Gasteiger partial charge in [-0.1, -0.05) is 30.7 Å². The summed E-state index contributed by atoms with van der Waals surface area (Å²) in [5, 5.41) is 9.74. The highest BCUT2D eigenvalue weighted by Crippen LogP contribution is 2.32. The lowest BCUT2D eigenvalue weighted by Gasteiger charge is -2.13. The summed E-state index contributed by atoms with van der Waals surface area (Å²) in [5.41, 5.74) is 6.97. The first-order chi connectivity index (χ1) is 13.0. The standard InChI is InChI=1S/C19H22ClN5OS/c1-4-12-9-14(18(26)13-7-5-6-8-15(13)20)19(27-12)25-16(10-21)22-23-17(25)11-24(2)3/h5-9H,4,10-11,21H2,1-3H3. The molecule has 8 heteroatoms. The summed E-state index contributed by atoms with van der Waals surface area (Å²) < 4.78 is 1.91. The van der Waals surface area contributed by atoms with Gasteiger partial charge in [0.25, 0.3) is 0 Å². The van der Waals surface area contributed by atoms with Crippen LogP contribution in [-0.2, 0) is 19.5 Å². The minimum atomic E-state index is -0.112. The Morgan fingerprint density at radius 2 is 1.93 bits per heavy atom. The minimum absolute atomic E-state index is 0.112. The van der Waals surface area contributed by atoms with Crippen molar-refractivity contribution in [2.45, 2.75) is 26.4 Å². The maximum atomic E-state index is 13.3. The molecule has 6 nitrogen and oxygen atoms in total. The molecule has 0 aliphatic carbocycles. The molecule has 0 aliphatic rings. The molecule has 0 fully saturated rings. The smallest absolute Gasteiger partial charge is 0.197 e. The fourth-order valence-electron chi connectivity index (χ4n) is 2.83. The summed E-state index contributed by atoms with van der Waals surface area (Å²) in [7, 11) is 3.92. The summed E-state index contributed by atoms with van der Waals surface area (Å²) in [5.74, 6) is 1.27. The lowest BCUT2D eigenvalue weighted by atomic mass is 10.0. The molecule has 0 radical (unpaired) electrons. The molecule has 0 spiro atoms. The molecule has 0 bridgehead atoms. The summed E-state index contributed by atoms with van der Waals surface area (Å²) in [6.45, 7) is 2.89. The zero-order valence-corrected chi connectivity index (χ0v) is 17.1. The van der Waals surface area contributed by atoms with Gasteiger partial charge in [0.2, 0.25) is 0 Å². The van der Waals surface area contributed by atoms with Crippen molar-refractivity contribution in [3.8, 4) is 5.00 Å². The van der Waals surface area contributed by atoms with Crippen molar-refractivity contribution < 1.29 is 4.79 Å². The van der Waals surface area contributed by atoms with Crippen LogP contribution in [0.25, 0.3) is 5.00 Å². The first-order valence-electron chi connectivity index (χ1n) is 8.66. The molecule has 2 aromatic heterocycles. The van der Waals surface area contributed by atoms with Gasteiger partial charge in [0.1, 0.15) is 5.00 Å². The molecule has 3 aromatic rings. The van der Waals surface area contributed by atoms with Crippen LogP contribution in [0.5, 0.6) is 0 Å². The number of hydrogen-bond acceptors (Lipinski definition) is 6. The summed E-state index contributed by atoms with van der Waals surface area (Å²) in [6.07, 6.45) is 0.830. The highest BCUT2D eigenvalue weighted by molar-refractivity contribution is 7.15. The zero-order valence-electron chi connectivity index (χ0n) is 15.6. The Morgan fingerprint density at radius 1 is 1.22 bits per heavy atom. The average molecular weight is 404 g/mol. The largest absolute Gasteiger partial charge is 0.324 e. The van der Waals surface area contributed by atoms with E-state index in [-0.39, 0.29) is 12.3 Å². The van der Waals surface area contributed by atoms with Crippen LogP contribution in [0.3, 0.4) is 0 Å². The summed E-state index contributed by atoms with van der Waals surface area (Å²) in [4.78, 5) is 16.4. The Kier molecular flexibility index (Phi) is 6.06. The number of thiophene rings is 1. The van der Waals surface area contributed by atoms with Crippen LogP contribution in [0.4, 0.5) is 0 Å². The molecule has 0 atom stereocenters. The molecule has 2 heterocycles. The van der Waals surface area contributed by atoms with Crippen LogP contribution < -0.4 is 5.73 Å². The maximum absolute atomic E-state index is 13.3. The maximum Gasteiger partial charge on any atom is 0.197 e. The summed E-state index contributed by atoms with van der Waals surface area (Å²) >= 11 is 7.83. The van der Waals surface area contributed by atoms with Crippen molar-refractivity contribution in [2.75, 3.05) is 14.1 Å². The molecule has 0 aliphatic heterocycles. The van der Waals surface area contributed by atoms with Gasteiger partial charge in [-0.2, -0.15) is 0 Å². The molecule has 142 valence electrons. The van der Waals surface area contributed by atoms with Gasteiger partial charge < -0.3 is 10.6 Å². The number of hydrogen-bond donors (Lipinski definition) is 1. The van der Waals surface area contributed by atoms with Crippen LogP contribution in [0.2, 0.25) is 5.02 Å². The van der Waals surface area contributed by atoms with Crippen LogP contribution in [0.15, 0.2) is 30.3 Å². The van der Waals surface area contributed by atoms with E-state index in [1.165, 1.54) is 0 Å². The molecular formula is C19H22ClN5OS. The van der Waals surface area contributed by atoms with E-state index < -0.39 is 0 Å². The van der Waals surface area contributed by atoms with Gasteiger partial charge in [-0.15, -0.1) is 21.5 Å². The third-order valence-corrected chi connectivity index (χ3v) is 5.71. The van der Waals surface area contributed by atoms with Crippen LogP contribution in [-0.4, -0.2) is 39.5 Å². The Hall–Kier alpha value is -2.06. The molecule has 0 saturated carbocycles. The van der Waals surface area contributed by atoms with E-state index in [0.717, 1.165) is 22.1 Å². The third-order valence-electron chi connectivity index (χ3n) is 4.12. The molecule has 0 unspecified atom stereocenters. The predicted molar refractivity (Wildman–Crippen MR) is 109 cm³/mol. The normalized spacial score (nSPS) is 11.3. The number of halogens is 1. The molecule has 1 aromatic carbocycles. The zero-order chi connectivity index (χ0) is 19.6. The number of rotatable bonds is 7. The Labute approximate surface area is 167 Å². The Bertz CT molecular complexity index is 963. The van der Waals surface area contributed by atoms with E-state index in [1.54, 1.807) is 23.5 Å². The van der Waals surface area contributed by atoms with Gasteiger partial charge in [0, 0.05) is 10.4 Å². The van der Waals surface area contributed by atoms with Crippen molar-refractivity contribution >= 4 is 28.7 Å². The van der Waals surface area contributed by atoms with E-state index in [1.807, 2.05) is 41.8 Å². The van der Waals surface area contributed by atoms with Crippen molar-refractivity contribution in [3.63, 3.8) is 0 Å². The second kappa shape index (κ2) is 8.31.